The van der Waals surface area contributed by atoms with Crippen LogP contribution in [-0.2, 0) is 0 Å². The van der Waals surface area contributed by atoms with Gasteiger partial charge in [-0.15, -0.1) is 0 Å². The summed E-state index contributed by atoms with van der Waals surface area (Å²) in [6.45, 7) is 6.91. The number of hydrogen-bond donors (Lipinski definition) is 2. The van der Waals surface area contributed by atoms with E-state index in [1.807, 2.05) is 0 Å². The predicted octanol–water partition coefficient (Wildman–Crippen LogP) is 2.20. The van der Waals surface area contributed by atoms with Crippen molar-refractivity contribution < 1.29 is 5.11 Å². The zero-order valence-electron chi connectivity index (χ0n) is 10.6. The van der Waals surface area contributed by atoms with Gasteiger partial charge in [-0.25, -0.2) is 0 Å². The molecule has 2 rings (SSSR count). The number of allylic oxidation sites excluding steroid dienone is 2. The minimum absolute atomic E-state index is 0.224. The molecule has 2 bridgehead atoms. The Balaban J connectivity index is 1.67. The molecule has 0 heterocycles. The lowest BCUT2D eigenvalue weighted by Crippen LogP contribution is -2.34. The second kappa shape index (κ2) is 4.89. The first-order valence-corrected chi connectivity index (χ1v) is 6.61. The molecule has 0 aromatic carbocycles. The van der Waals surface area contributed by atoms with Crippen molar-refractivity contribution in [1.29, 1.82) is 0 Å². The summed E-state index contributed by atoms with van der Waals surface area (Å²) >= 11 is 0. The first kappa shape index (κ1) is 12.1. The van der Waals surface area contributed by atoms with Crippen molar-refractivity contribution >= 4 is 0 Å². The average Bonchev–Trinajstić information content (AvgIpc) is 2.78. The summed E-state index contributed by atoms with van der Waals surface area (Å²) < 4.78 is 0. The number of aliphatic hydroxyl groups excluding tert-OH is 1. The van der Waals surface area contributed by atoms with Crippen LogP contribution in [-0.4, -0.2) is 24.8 Å². The van der Waals surface area contributed by atoms with Gasteiger partial charge in [0, 0.05) is 13.2 Å². The Kier molecular flexibility index (Phi) is 3.70. The molecule has 0 aromatic heterocycles. The highest BCUT2D eigenvalue weighted by atomic mass is 16.3. The molecule has 3 atom stereocenters. The average molecular weight is 223 g/mol. The maximum absolute atomic E-state index is 8.96. The number of nitrogens with one attached hydrogen (secondary N) is 1. The van der Waals surface area contributed by atoms with Gasteiger partial charge < -0.3 is 10.4 Å². The van der Waals surface area contributed by atoms with Crippen LogP contribution in [0.15, 0.2) is 12.2 Å². The quantitative estimate of drug-likeness (QED) is 0.677. The highest BCUT2D eigenvalue weighted by molar-refractivity contribution is 5.10. The van der Waals surface area contributed by atoms with E-state index in [0.29, 0.717) is 6.61 Å². The lowest BCUT2D eigenvalue weighted by molar-refractivity contribution is 0.204. The van der Waals surface area contributed by atoms with Gasteiger partial charge in [-0.1, -0.05) is 26.0 Å². The van der Waals surface area contributed by atoms with E-state index < -0.39 is 0 Å². The molecule has 0 spiro atoms. The molecule has 2 aliphatic rings. The Hall–Kier alpha value is -0.340. The smallest absolute Gasteiger partial charge is 0.0436 e. The topological polar surface area (TPSA) is 32.3 Å². The number of fused-ring (bicyclic) bond motifs is 2. The summed E-state index contributed by atoms with van der Waals surface area (Å²) in [7, 11) is 0. The highest BCUT2D eigenvalue weighted by Gasteiger charge is 2.35. The van der Waals surface area contributed by atoms with Gasteiger partial charge >= 0.3 is 0 Å². The molecule has 2 heteroatoms. The normalized spacial score (nSPS) is 32.6. The molecular weight excluding hydrogens is 198 g/mol. The van der Waals surface area contributed by atoms with Crippen LogP contribution < -0.4 is 5.32 Å². The Morgan fingerprint density at radius 2 is 2.12 bits per heavy atom. The van der Waals surface area contributed by atoms with Gasteiger partial charge in [0.15, 0.2) is 0 Å². The number of aliphatic hydroxyl groups is 1. The predicted molar refractivity (Wildman–Crippen MR) is 67.2 cm³/mol. The second-order valence-electron chi connectivity index (χ2n) is 6.31. The van der Waals surface area contributed by atoms with Crippen LogP contribution in [0.4, 0.5) is 0 Å². The fraction of sp³-hybridized carbons (Fsp3) is 0.857. The highest BCUT2D eigenvalue weighted by Crippen LogP contribution is 2.42. The molecule has 1 saturated carbocycles. The largest absolute Gasteiger partial charge is 0.396 e. The van der Waals surface area contributed by atoms with E-state index >= 15 is 0 Å². The van der Waals surface area contributed by atoms with Gasteiger partial charge in [0.25, 0.3) is 0 Å². The third kappa shape index (κ3) is 2.86. The lowest BCUT2D eigenvalue weighted by atomic mass is 9.88. The second-order valence-corrected chi connectivity index (χ2v) is 6.31. The SMILES string of the molecule is CC(C)(CCO)CNCC1CC2C=CC1C2. The zero-order valence-corrected chi connectivity index (χ0v) is 10.6. The van der Waals surface area contributed by atoms with Crippen molar-refractivity contribution in [2.75, 3.05) is 19.7 Å². The zero-order chi connectivity index (χ0) is 11.6. The van der Waals surface area contributed by atoms with Gasteiger partial charge in [0.1, 0.15) is 0 Å². The Morgan fingerprint density at radius 1 is 1.31 bits per heavy atom. The van der Waals surface area contributed by atoms with Crippen molar-refractivity contribution in [3.8, 4) is 0 Å². The summed E-state index contributed by atoms with van der Waals surface area (Å²) in [4.78, 5) is 0. The molecule has 0 radical (unpaired) electrons. The van der Waals surface area contributed by atoms with Crippen molar-refractivity contribution in [3.63, 3.8) is 0 Å². The van der Waals surface area contributed by atoms with E-state index in [1.54, 1.807) is 0 Å². The standard InChI is InChI=1S/C14H25NO/c1-14(2,5-6-16)10-15-9-13-8-11-3-4-12(13)7-11/h3-4,11-13,15-16H,5-10H2,1-2H3. The van der Waals surface area contributed by atoms with E-state index in [1.165, 1.54) is 12.8 Å². The van der Waals surface area contributed by atoms with E-state index in [9.17, 15) is 0 Å². The fourth-order valence-corrected chi connectivity index (χ4v) is 3.12. The molecule has 2 nitrogen and oxygen atoms in total. The summed E-state index contributed by atoms with van der Waals surface area (Å²) in [5.74, 6) is 2.58. The Morgan fingerprint density at radius 3 is 2.69 bits per heavy atom. The van der Waals surface area contributed by atoms with Crippen molar-refractivity contribution in [1.82, 2.24) is 5.32 Å². The van der Waals surface area contributed by atoms with Gasteiger partial charge in [-0.2, -0.15) is 0 Å². The maximum Gasteiger partial charge on any atom is 0.0436 e. The molecule has 16 heavy (non-hydrogen) atoms. The first-order valence-electron chi connectivity index (χ1n) is 6.61. The Bertz CT molecular complexity index is 259. The van der Waals surface area contributed by atoms with Gasteiger partial charge in [0.05, 0.1) is 0 Å². The lowest BCUT2D eigenvalue weighted by Gasteiger charge is -2.26. The Labute approximate surface area is 99.1 Å². The molecule has 0 saturated heterocycles. The van der Waals surface area contributed by atoms with Crippen LogP contribution in [0.1, 0.15) is 33.1 Å². The number of hydrogen-bond acceptors (Lipinski definition) is 2. The minimum Gasteiger partial charge on any atom is -0.396 e. The molecule has 0 aliphatic heterocycles. The summed E-state index contributed by atoms with van der Waals surface area (Å²) in [5, 5.41) is 12.6. The fourth-order valence-electron chi connectivity index (χ4n) is 3.12. The monoisotopic (exact) mass is 223 g/mol. The maximum atomic E-state index is 8.96. The van der Waals surface area contributed by atoms with Crippen LogP contribution in [0, 0.1) is 23.2 Å². The van der Waals surface area contributed by atoms with Crippen LogP contribution in [0.5, 0.6) is 0 Å². The summed E-state index contributed by atoms with van der Waals surface area (Å²) in [5.41, 5.74) is 0.224. The minimum atomic E-state index is 0.224. The first-order chi connectivity index (χ1) is 7.61. The van der Waals surface area contributed by atoms with Crippen LogP contribution in [0.25, 0.3) is 0 Å². The van der Waals surface area contributed by atoms with Crippen LogP contribution in [0.3, 0.4) is 0 Å². The molecule has 0 amide bonds. The summed E-state index contributed by atoms with van der Waals surface area (Å²) in [6, 6.07) is 0. The molecule has 2 aliphatic carbocycles. The molecule has 1 fully saturated rings. The van der Waals surface area contributed by atoms with Crippen molar-refractivity contribution in [2.45, 2.75) is 33.1 Å². The molecular formula is C14H25NO. The van der Waals surface area contributed by atoms with Crippen molar-refractivity contribution in [3.05, 3.63) is 12.2 Å². The molecule has 2 N–H and O–H groups in total. The van der Waals surface area contributed by atoms with E-state index in [0.717, 1.165) is 37.3 Å². The third-order valence-corrected chi connectivity index (χ3v) is 4.22. The van der Waals surface area contributed by atoms with Gasteiger partial charge in [0.2, 0.25) is 0 Å². The van der Waals surface area contributed by atoms with E-state index in [4.69, 9.17) is 5.11 Å². The van der Waals surface area contributed by atoms with Crippen molar-refractivity contribution in [2.24, 2.45) is 23.2 Å². The van der Waals surface area contributed by atoms with Gasteiger partial charge in [-0.05, 0) is 49.0 Å². The van der Waals surface area contributed by atoms with Crippen LogP contribution in [0.2, 0.25) is 0 Å². The van der Waals surface area contributed by atoms with E-state index in [2.05, 4.69) is 31.3 Å². The molecule has 3 unspecified atom stereocenters. The van der Waals surface area contributed by atoms with Crippen LogP contribution >= 0.6 is 0 Å². The van der Waals surface area contributed by atoms with E-state index in [-0.39, 0.29) is 5.41 Å². The van der Waals surface area contributed by atoms with Gasteiger partial charge in [-0.3, -0.25) is 0 Å². The number of rotatable bonds is 6. The molecule has 92 valence electrons. The summed E-state index contributed by atoms with van der Waals surface area (Å²) in [6.07, 6.45) is 8.48. The molecule has 0 aromatic rings. The third-order valence-electron chi connectivity index (χ3n) is 4.22.